The molecule has 0 aliphatic carbocycles. The van der Waals surface area contributed by atoms with Crippen molar-refractivity contribution in [3.63, 3.8) is 0 Å². The van der Waals surface area contributed by atoms with Gasteiger partial charge in [-0.2, -0.15) is 0 Å². The SMILES string of the molecule is CO[C@@H]1O[C@H](CO)[C@@H](O)[C@H](S[C@@H]2[C@@H](O)[C@H](OC)O[C@H](CO)[C@H]2O)[C@H]1O. The molecule has 2 fully saturated rings. The van der Waals surface area contributed by atoms with Gasteiger partial charge in [-0.3, -0.25) is 0 Å². The first-order valence-electron chi connectivity index (χ1n) is 7.85. The third-order valence-corrected chi connectivity index (χ3v) is 6.17. The Balaban J connectivity index is 2.20. The van der Waals surface area contributed by atoms with Gasteiger partial charge >= 0.3 is 0 Å². The van der Waals surface area contributed by atoms with Crippen molar-refractivity contribution in [2.24, 2.45) is 0 Å². The molecule has 2 aliphatic heterocycles. The monoisotopic (exact) mass is 386 g/mol. The van der Waals surface area contributed by atoms with Crippen molar-refractivity contribution in [3.8, 4) is 0 Å². The predicted molar refractivity (Wildman–Crippen MR) is 84.7 cm³/mol. The molecule has 6 N–H and O–H groups in total. The molecular formula is C14H26O10S. The Labute approximate surface area is 149 Å². The highest BCUT2D eigenvalue weighted by Gasteiger charge is 2.51. The van der Waals surface area contributed by atoms with Crippen LogP contribution in [0.4, 0.5) is 0 Å². The van der Waals surface area contributed by atoms with Crippen molar-refractivity contribution in [2.75, 3.05) is 27.4 Å². The average Bonchev–Trinajstić information content (AvgIpc) is 2.61. The maximum atomic E-state index is 10.4. The van der Waals surface area contributed by atoms with E-state index in [1.165, 1.54) is 14.2 Å². The number of rotatable bonds is 6. The molecule has 2 saturated heterocycles. The molecule has 0 radical (unpaired) electrons. The highest BCUT2D eigenvalue weighted by Crippen LogP contribution is 2.38. The van der Waals surface area contributed by atoms with Crippen molar-refractivity contribution in [3.05, 3.63) is 0 Å². The number of hydrogen-bond acceptors (Lipinski definition) is 11. The van der Waals surface area contributed by atoms with Gasteiger partial charge in [0, 0.05) is 14.2 Å². The van der Waals surface area contributed by atoms with Gasteiger partial charge in [-0.25, -0.2) is 0 Å². The van der Waals surface area contributed by atoms with Gasteiger partial charge in [-0.1, -0.05) is 0 Å². The molecule has 0 spiro atoms. The highest BCUT2D eigenvalue weighted by molar-refractivity contribution is 8.00. The van der Waals surface area contributed by atoms with Crippen LogP contribution in [-0.4, -0.2) is 118 Å². The van der Waals surface area contributed by atoms with Gasteiger partial charge in [0.05, 0.1) is 35.9 Å². The summed E-state index contributed by atoms with van der Waals surface area (Å²) in [6, 6.07) is 0. The van der Waals surface area contributed by atoms with Crippen LogP contribution in [0.5, 0.6) is 0 Å². The van der Waals surface area contributed by atoms with Crippen LogP contribution in [0.15, 0.2) is 0 Å². The average molecular weight is 386 g/mol. The fourth-order valence-corrected chi connectivity index (χ4v) is 4.61. The molecule has 0 saturated carbocycles. The van der Waals surface area contributed by atoms with Crippen LogP contribution in [0.25, 0.3) is 0 Å². The van der Waals surface area contributed by atoms with Gasteiger partial charge in [0.15, 0.2) is 12.6 Å². The molecule has 10 nitrogen and oxygen atoms in total. The molecule has 148 valence electrons. The Morgan fingerprint density at radius 2 is 1.08 bits per heavy atom. The molecule has 10 atom stereocenters. The van der Waals surface area contributed by atoms with Gasteiger partial charge < -0.3 is 49.6 Å². The Kier molecular flexibility index (Phi) is 7.85. The fourth-order valence-electron chi connectivity index (χ4n) is 3.00. The number of aliphatic hydroxyl groups is 6. The first-order valence-corrected chi connectivity index (χ1v) is 8.79. The van der Waals surface area contributed by atoms with E-state index in [0.29, 0.717) is 0 Å². The minimum Gasteiger partial charge on any atom is -0.394 e. The summed E-state index contributed by atoms with van der Waals surface area (Å²) >= 11 is 0.908. The van der Waals surface area contributed by atoms with Gasteiger partial charge in [0.1, 0.15) is 24.4 Å². The van der Waals surface area contributed by atoms with E-state index in [9.17, 15) is 30.6 Å². The Hall–Kier alpha value is -0.0500. The van der Waals surface area contributed by atoms with Crippen LogP contribution in [0.2, 0.25) is 0 Å². The van der Waals surface area contributed by atoms with Gasteiger partial charge in [0.25, 0.3) is 0 Å². The third-order valence-electron chi connectivity index (χ3n) is 4.42. The number of hydrogen-bond donors (Lipinski definition) is 6. The van der Waals surface area contributed by atoms with E-state index in [0.717, 1.165) is 11.8 Å². The molecule has 11 heteroatoms. The Morgan fingerprint density at radius 1 is 0.720 bits per heavy atom. The molecule has 0 aromatic rings. The molecule has 0 unspecified atom stereocenters. The van der Waals surface area contributed by atoms with Crippen molar-refractivity contribution < 1.29 is 49.6 Å². The van der Waals surface area contributed by atoms with E-state index in [1.807, 2.05) is 0 Å². The topological polar surface area (TPSA) is 158 Å². The van der Waals surface area contributed by atoms with Crippen LogP contribution in [-0.2, 0) is 18.9 Å². The molecule has 0 amide bonds. The van der Waals surface area contributed by atoms with E-state index in [2.05, 4.69) is 0 Å². The summed E-state index contributed by atoms with van der Waals surface area (Å²) in [6.45, 7) is -0.993. The zero-order chi connectivity index (χ0) is 18.7. The van der Waals surface area contributed by atoms with E-state index >= 15 is 0 Å². The largest absolute Gasteiger partial charge is 0.394 e. The summed E-state index contributed by atoms with van der Waals surface area (Å²) in [4.78, 5) is 0. The Bertz CT molecular complexity index is 347. The first kappa shape index (κ1) is 21.3. The second kappa shape index (κ2) is 9.24. The standard InChI is InChI=1S/C14H26O10S/c1-21-13-9(19)11(7(17)5(3-15)23-13)25-12-8(18)6(4-16)24-14(22-2)10(12)20/h5-20H,3-4H2,1-2H3/t5-,6-,7-,8-,9-,10-,11+,12+,13-,14-/m1/s1. The maximum Gasteiger partial charge on any atom is 0.184 e. The lowest BCUT2D eigenvalue weighted by Crippen LogP contribution is -2.62. The van der Waals surface area contributed by atoms with Crippen molar-refractivity contribution >= 4 is 11.8 Å². The molecule has 2 heterocycles. The second-order valence-corrected chi connectivity index (χ2v) is 7.31. The van der Waals surface area contributed by atoms with Crippen molar-refractivity contribution in [1.29, 1.82) is 0 Å². The van der Waals surface area contributed by atoms with E-state index in [4.69, 9.17) is 18.9 Å². The van der Waals surface area contributed by atoms with Gasteiger partial charge in [-0.15, -0.1) is 11.8 Å². The quantitative estimate of drug-likeness (QED) is 0.271. The van der Waals surface area contributed by atoms with E-state index < -0.39 is 72.9 Å². The third kappa shape index (κ3) is 4.28. The molecule has 2 rings (SSSR count). The summed E-state index contributed by atoms with van der Waals surface area (Å²) in [5.41, 5.74) is 0. The lowest BCUT2D eigenvalue weighted by Gasteiger charge is -2.46. The smallest absolute Gasteiger partial charge is 0.184 e. The van der Waals surface area contributed by atoms with Crippen LogP contribution in [0.1, 0.15) is 0 Å². The molecule has 0 aromatic carbocycles. The summed E-state index contributed by atoms with van der Waals surface area (Å²) in [5, 5.41) is 58.3. The number of methoxy groups -OCH3 is 2. The lowest BCUT2D eigenvalue weighted by molar-refractivity contribution is -0.262. The van der Waals surface area contributed by atoms with Crippen LogP contribution in [0, 0.1) is 0 Å². The number of aliphatic hydroxyl groups excluding tert-OH is 6. The zero-order valence-corrected chi connectivity index (χ0v) is 14.7. The molecule has 25 heavy (non-hydrogen) atoms. The first-order chi connectivity index (χ1) is 11.9. The minimum absolute atomic E-state index is 0.496. The number of thioether (sulfide) groups is 1. The molecule has 0 bridgehead atoms. The van der Waals surface area contributed by atoms with Crippen molar-refractivity contribution in [2.45, 2.75) is 59.7 Å². The maximum absolute atomic E-state index is 10.4. The summed E-state index contributed by atoms with van der Waals surface area (Å²) < 4.78 is 20.6. The van der Waals surface area contributed by atoms with Crippen LogP contribution < -0.4 is 0 Å². The zero-order valence-electron chi connectivity index (χ0n) is 13.9. The second-order valence-electron chi connectivity index (χ2n) is 5.95. The normalized spacial score (nSPS) is 48.5. The van der Waals surface area contributed by atoms with E-state index in [-0.39, 0.29) is 0 Å². The molecular weight excluding hydrogens is 360 g/mol. The summed E-state index contributed by atoms with van der Waals surface area (Å²) in [6.07, 6.45) is -9.25. The highest BCUT2D eigenvalue weighted by atomic mass is 32.2. The molecule has 2 aliphatic rings. The molecule has 0 aromatic heterocycles. The number of ether oxygens (including phenoxy) is 4. The lowest BCUT2D eigenvalue weighted by atomic mass is 10.0. The van der Waals surface area contributed by atoms with E-state index in [1.54, 1.807) is 0 Å². The minimum atomic E-state index is -1.27. The van der Waals surface area contributed by atoms with Crippen LogP contribution in [0.3, 0.4) is 0 Å². The predicted octanol–water partition coefficient (Wildman–Crippen LogP) is -3.37. The summed E-state index contributed by atoms with van der Waals surface area (Å²) in [7, 11) is 2.62. The summed E-state index contributed by atoms with van der Waals surface area (Å²) in [5.74, 6) is 0. The van der Waals surface area contributed by atoms with Crippen LogP contribution >= 0.6 is 11.8 Å². The Morgan fingerprint density at radius 3 is 1.36 bits per heavy atom. The van der Waals surface area contributed by atoms with Crippen molar-refractivity contribution in [1.82, 2.24) is 0 Å². The van der Waals surface area contributed by atoms with Gasteiger partial charge in [-0.05, 0) is 0 Å². The fraction of sp³-hybridized carbons (Fsp3) is 1.00. The van der Waals surface area contributed by atoms with Gasteiger partial charge in [0.2, 0.25) is 0 Å².